The monoisotopic (exact) mass is 349 g/mol. The van der Waals surface area contributed by atoms with Crippen LogP contribution < -0.4 is 5.56 Å². The van der Waals surface area contributed by atoms with E-state index in [9.17, 15) is 9.59 Å². The van der Waals surface area contributed by atoms with E-state index in [2.05, 4.69) is 12.0 Å². The number of rotatable bonds is 6. The highest BCUT2D eigenvalue weighted by atomic mass is 16.2. The highest BCUT2D eigenvalue weighted by Crippen LogP contribution is 2.12. The van der Waals surface area contributed by atoms with Gasteiger partial charge in [-0.1, -0.05) is 55.5 Å². The van der Waals surface area contributed by atoms with E-state index < -0.39 is 0 Å². The number of amides is 1. The Bertz CT molecular complexity index is 950. The molecule has 1 amide bonds. The van der Waals surface area contributed by atoms with Gasteiger partial charge in [-0.3, -0.25) is 9.59 Å². The van der Waals surface area contributed by atoms with Crippen LogP contribution in [-0.2, 0) is 17.9 Å². The van der Waals surface area contributed by atoms with Crippen molar-refractivity contribution in [3.8, 4) is 0 Å². The summed E-state index contributed by atoms with van der Waals surface area (Å²) in [5.41, 5.74) is 0.834. The molecule has 2 aromatic carbocycles. The molecular formula is C21H23N3O2. The van der Waals surface area contributed by atoms with E-state index >= 15 is 0 Å². The molecule has 5 nitrogen and oxygen atoms in total. The molecule has 0 spiro atoms. The molecule has 0 bridgehead atoms. The molecule has 1 heterocycles. The van der Waals surface area contributed by atoms with Gasteiger partial charge in [0.2, 0.25) is 5.91 Å². The molecule has 134 valence electrons. The van der Waals surface area contributed by atoms with Gasteiger partial charge >= 0.3 is 0 Å². The summed E-state index contributed by atoms with van der Waals surface area (Å²) in [6.07, 6.45) is 2.48. The van der Waals surface area contributed by atoms with Gasteiger partial charge in [0.1, 0.15) is 6.54 Å². The Morgan fingerprint density at radius 1 is 1.12 bits per heavy atom. The number of aromatic nitrogens is 2. The van der Waals surface area contributed by atoms with Crippen LogP contribution in [0, 0.1) is 0 Å². The summed E-state index contributed by atoms with van der Waals surface area (Å²) in [5, 5.41) is 5.54. The standard InChI is InChI=1S/C21H23N3O2/c1-3-16(2)23(14-17-9-5-4-6-10-17)20(25)15-24-21(26)19-12-8-7-11-18(19)13-22-24/h4-13,16H,3,14-15H2,1-2H3/t16-/m1/s1. The van der Waals surface area contributed by atoms with Crippen LogP contribution in [0.5, 0.6) is 0 Å². The van der Waals surface area contributed by atoms with Crippen molar-refractivity contribution >= 4 is 16.7 Å². The molecule has 0 saturated heterocycles. The van der Waals surface area contributed by atoms with Gasteiger partial charge in [0.05, 0.1) is 11.6 Å². The Hall–Kier alpha value is -2.95. The average molecular weight is 349 g/mol. The zero-order valence-corrected chi connectivity index (χ0v) is 15.1. The van der Waals surface area contributed by atoms with Crippen LogP contribution >= 0.6 is 0 Å². The van der Waals surface area contributed by atoms with E-state index in [-0.39, 0.29) is 24.1 Å². The number of fused-ring (bicyclic) bond motifs is 1. The number of benzene rings is 2. The lowest BCUT2D eigenvalue weighted by Crippen LogP contribution is -2.41. The van der Waals surface area contributed by atoms with Crippen molar-refractivity contribution in [3.05, 3.63) is 76.7 Å². The molecule has 0 radical (unpaired) electrons. The molecule has 0 unspecified atom stereocenters. The lowest BCUT2D eigenvalue weighted by atomic mass is 10.1. The third-order valence-corrected chi connectivity index (χ3v) is 4.69. The van der Waals surface area contributed by atoms with Crippen LogP contribution in [0.25, 0.3) is 10.8 Å². The van der Waals surface area contributed by atoms with Gasteiger partial charge in [-0.15, -0.1) is 0 Å². The van der Waals surface area contributed by atoms with Crippen molar-refractivity contribution in [3.63, 3.8) is 0 Å². The quantitative estimate of drug-likeness (QED) is 0.686. The Labute approximate surface area is 152 Å². The minimum absolute atomic E-state index is 0.0547. The van der Waals surface area contributed by atoms with Crippen molar-refractivity contribution < 1.29 is 4.79 Å². The maximum Gasteiger partial charge on any atom is 0.275 e. The fourth-order valence-electron chi connectivity index (χ4n) is 2.95. The Balaban J connectivity index is 1.86. The number of carbonyl (C=O) groups excluding carboxylic acids is 1. The second kappa shape index (κ2) is 7.95. The second-order valence-corrected chi connectivity index (χ2v) is 6.46. The average Bonchev–Trinajstić information content (AvgIpc) is 2.68. The van der Waals surface area contributed by atoms with Gasteiger partial charge in [-0.25, -0.2) is 4.68 Å². The molecule has 3 rings (SSSR count). The summed E-state index contributed by atoms with van der Waals surface area (Å²) < 4.78 is 1.25. The third kappa shape index (κ3) is 3.82. The summed E-state index contributed by atoms with van der Waals surface area (Å²) in [4.78, 5) is 27.4. The number of nitrogens with zero attached hydrogens (tertiary/aromatic N) is 3. The van der Waals surface area contributed by atoms with E-state index in [0.29, 0.717) is 11.9 Å². The zero-order valence-electron chi connectivity index (χ0n) is 15.1. The highest BCUT2D eigenvalue weighted by molar-refractivity contribution is 5.81. The largest absolute Gasteiger partial charge is 0.334 e. The lowest BCUT2D eigenvalue weighted by Gasteiger charge is -2.29. The lowest BCUT2D eigenvalue weighted by molar-refractivity contribution is -0.134. The Kier molecular flexibility index (Phi) is 5.46. The van der Waals surface area contributed by atoms with Crippen molar-refractivity contribution in [1.29, 1.82) is 0 Å². The Morgan fingerprint density at radius 2 is 1.81 bits per heavy atom. The van der Waals surface area contributed by atoms with E-state index in [4.69, 9.17) is 0 Å². The first-order valence-corrected chi connectivity index (χ1v) is 8.88. The molecule has 0 saturated carbocycles. The molecule has 0 aliphatic carbocycles. The van der Waals surface area contributed by atoms with E-state index in [0.717, 1.165) is 17.4 Å². The van der Waals surface area contributed by atoms with Crippen molar-refractivity contribution in [1.82, 2.24) is 14.7 Å². The predicted octanol–water partition coefficient (Wildman–Crippen LogP) is 3.22. The van der Waals surface area contributed by atoms with Crippen molar-refractivity contribution in [2.75, 3.05) is 0 Å². The van der Waals surface area contributed by atoms with E-state index in [1.807, 2.05) is 60.4 Å². The fraction of sp³-hybridized carbons (Fsp3) is 0.286. The first-order valence-electron chi connectivity index (χ1n) is 8.88. The topological polar surface area (TPSA) is 55.2 Å². The molecule has 0 aliphatic rings. The van der Waals surface area contributed by atoms with Crippen LogP contribution in [0.3, 0.4) is 0 Å². The molecule has 5 heteroatoms. The second-order valence-electron chi connectivity index (χ2n) is 6.46. The van der Waals surface area contributed by atoms with Crippen molar-refractivity contribution in [2.45, 2.75) is 39.4 Å². The fourth-order valence-corrected chi connectivity index (χ4v) is 2.95. The van der Waals surface area contributed by atoms with Gasteiger partial charge in [-0.2, -0.15) is 5.10 Å². The van der Waals surface area contributed by atoms with Gasteiger partial charge in [0.25, 0.3) is 5.56 Å². The van der Waals surface area contributed by atoms with Crippen LogP contribution in [0.2, 0.25) is 0 Å². The maximum absolute atomic E-state index is 12.9. The molecule has 26 heavy (non-hydrogen) atoms. The van der Waals surface area contributed by atoms with E-state index in [1.165, 1.54) is 4.68 Å². The van der Waals surface area contributed by atoms with Gasteiger partial charge < -0.3 is 4.90 Å². The zero-order chi connectivity index (χ0) is 18.5. The number of hydrogen-bond acceptors (Lipinski definition) is 3. The molecule has 1 atom stereocenters. The van der Waals surface area contributed by atoms with E-state index in [1.54, 1.807) is 12.3 Å². The third-order valence-electron chi connectivity index (χ3n) is 4.69. The first kappa shape index (κ1) is 17.9. The maximum atomic E-state index is 12.9. The smallest absolute Gasteiger partial charge is 0.275 e. The molecule has 1 aromatic heterocycles. The molecule has 0 fully saturated rings. The van der Waals surface area contributed by atoms with Crippen molar-refractivity contribution in [2.24, 2.45) is 0 Å². The number of carbonyl (C=O) groups is 1. The predicted molar refractivity (Wildman–Crippen MR) is 103 cm³/mol. The molecule has 0 N–H and O–H groups in total. The van der Waals surface area contributed by atoms with Crippen LogP contribution in [0.4, 0.5) is 0 Å². The van der Waals surface area contributed by atoms with Crippen LogP contribution in [-0.4, -0.2) is 26.6 Å². The summed E-state index contributed by atoms with van der Waals surface area (Å²) in [6.45, 7) is 4.55. The minimum atomic E-state index is -0.236. The van der Waals surface area contributed by atoms with Gasteiger partial charge in [0.15, 0.2) is 0 Å². The normalized spacial score (nSPS) is 12.1. The Morgan fingerprint density at radius 3 is 2.54 bits per heavy atom. The van der Waals surface area contributed by atoms with Crippen LogP contribution in [0.15, 0.2) is 65.6 Å². The van der Waals surface area contributed by atoms with Crippen LogP contribution in [0.1, 0.15) is 25.8 Å². The SMILES string of the molecule is CC[C@@H](C)N(Cc1ccccc1)C(=O)Cn1ncc2ccccc2c1=O. The van der Waals surface area contributed by atoms with Gasteiger partial charge in [-0.05, 0) is 25.0 Å². The summed E-state index contributed by atoms with van der Waals surface area (Å²) >= 11 is 0. The minimum Gasteiger partial charge on any atom is -0.334 e. The summed E-state index contributed by atoms with van der Waals surface area (Å²) in [6, 6.07) is 17.3. The highest BCUT2D eigenvalue weighted by Gasteiger charge is 2.20. The number of hydrogen-bond donors (Lipinski definition) is 0. The molecular weight excluding hydrogens is 326 g/mol. The van der Waals surface area contributed by atoms with Gasteiger partial charge in [0, 0.05) is 18.0 Å². The first-order chi connectivity index (χ1) is 12.6. The summed E-state index contributed by atoms with van der Waals surface area (Å²) in [7, 11) is 0. The summed E-state index contributed by atoms with van der Waals surface area (Å²) in [5.74, 6) is -0.104. The molecule has 0 aliphatic heterocycles. The molecule has 3 aromatic rings.